The van der Waals surface area contributed by atoms with Gasteiger partial charge in [-0.25, -0.2) is 14.4 Å². The SMILES string of the molecule is Cc1cc(=O)oc2cc(OC(=O)[C@H](Cc3ccccc3)NC(=O)OC(C)(C)C)c(Cl)cc12. The maximum Gasteiger partial charge on any atom is 0.408 e. The number of esters is 1. The number of carbonyl (C=O) groups is 2. The molecule has 0 bridgehead atoms. The number of hydrogen-bond acceptors (Lipinski definition) is 6. The maximum atomic E-state index is 13.0. The van der Waals surface area contributed by atoms with Crippen LogP contribution >= 0.6 is 11.6 Å². The number of ether oxygens (including phenoxy) is 2. The molecular weight excluding hydrogens is 434 g/mol. The van der Waals surface area contributed by atoms with Gasteiger partial charge in [-0.1, -0.05) is 41.9 Å². The number of alkyl carbamates (subject to hydrolysis) is 1. The Hall–Kier alpha value is -3.32. The monoisotopic (exact) mass is 457 g/mol. The summed E-state index contributed by atoms with van der Waals surface area (Å²) in [5, 5.41) is 3.36. The summed E-state index contributed by atoms with van der Waals surface area (Å²) in [5.74, 6) is -0.724. The smallest absolute Gasteiger partial charge is 0.408 e. The van der Waals surface area contributed by atoms with Gasteiger partial charge in [0.1, 0.15) is 17.2 Å². The minimum absolute atomic E-state index is 0.0157. The molecule has 1 N–H and O–H groups in total. The molecule has 0 saturated heterocycles. The number of amides is 1. The lowest BCUT2D eigenvalue weighted by atomic mass is 10.1. The second-order valence-electron chi connectivity index (χ2n) is 8.34. The average Bonchev–Trinajstić information content (AvgIpc) is 2.68. The number of aryl methyl sites for hydroxylation is 1. The first-order valence-electron chi connectivity index (χ1n) is 10.0. The van der Waals surface area contributed by atoms with E-state index in [9.17, 15) is 14.4 Å². The Morgan fingerprint density at radius 3 is 2.47 bits per heavy atom. The van der Waals surface area contributed by atoms with E-state index in [-0.39, 0.29) is 22.8 Å². The lowest BCUT2D eigenvalue weighted by molar-refractivity contribution is -0.136. The summed E-state index contributed by atoms with van der Waals surface area (Å²) in [5.41, 5.74) is 0.480. The van der Waals surface area contributed by atoms with Crippen molar-refractivity contribution in [1.29, 1.82) is 0 Å². The van der Waals surface area contributed by atoms with E-state index < -0.39 is 29.3 Å². The van der Waals surface area contributed by atoms with Crippen molar-refractivity contribution in [1.82, 2.24) is 5.32 Å². The van der Waals surface area contributed by atoms with Crippen molar-refractivity contribution in [3.63, 3.8) is 0 Å². The normalized spacial score (nSPS) is 12.3. The van der Waals surface area contributed by atoms with Crippen molar-refractivity contribution in [2.75, 3.05) is 0 Å². The van der Waals surface area contributed by atoms with Gasteiger partial charge in [-0.05, 0) is 44.9 Å². The van der Waals surface area contributed by atoms with Crippen LogP contribution in [0.2, 0.25) is 5.02 Å². The number of fused-ring (bicyclic) bond motifs is 1. The molecule has 2 aromatic carbocycles. The van der Waals surface area contributed by atoms with Crippen LogP contribution in [0.15, 0.2) is 57.7 Å². The highest BCUT2D eigenvalue weighted by atomic mass is 35.5. The quantitative estimate of drug-likeness (QED) is 0.336. The predicted molar refractivity (Wildman–Crippen MR) is 121 cm³/mol. The van der Waals surface area contributed by atoms with Gasteiger partial charge in [0.15, 0.2) is 5.75 Å². The van der Waals surface area contributed by atoms with Crippen molar-refractivity contribution in [3.05, 3.63) is 75.1 Å². The Morgan fingerprint density at radius 1 is 1.12 bits per heavy atom. The highest BCUT2D eigenvalue weighted by Gasteiger charge is 2.27. The second kappa shape index (κ2) is 9.44. The maximum absolute atomic E-state index is 13.0. The van der Waals surface area contributed by atoms with E-state index in [0.29, 0.717) is 10.9 Å². The van der Waals surface area contributed by atoms with Crippen molar-refractivity contribution >= 4 is 34.6 Å². The number of hydrogen-bond donors (Lipinski definition) is 1. The summed E-state index contributed by atoms with van der Waals surface area (Å²) in [7, 11) is 0. The molecular formula is C24H24ClNO6. The minimum Gasteiger partial charge on any atom is -0.444 e. The lowest BCUT2D eigenvalue weighted by Crippen LogP contribution is -2.46. The third kappa shape index (κ3) is 6.11. The third-order valence-corrected chi connectivity index (χ3v) is 4.77. The molecule has 3 aromatic rings. The molecule has 0 aliphatic rings. The molecule has 0 aliphatic carbocycles. The van der Waals surface area contributed by atoms with Crippen LogP contribution in [-0.4, -0.2) is 23.7 Å². The Morgan fingerprint density at radius 2 is 1.81 bits per heavy atom. The summed E-state index contributed by atoms with van der Waals surface area (Å²) >= 11 is 6.31. The summed E-state index contributed by atoms with van der Waals surface area (Å²) < 4.78 is 16.0. The van der Waals surface area contributed by atoms with Crippen LogP contribution < -0.4 is 15.7 Å². The van der Waals surface area contributed by atoms with Crippen LogP contribution in [0.3, 0.4) is 0 Å². The largest absolute Gasteiger partial charge is 0.444 e. The van der Waals surface area contributed by atoms with E-state index in [1.807, 2.05) is 30.3 Å². The van der Waals surface area contributed by atoms with Crippen LogP contribution in [0.5, 0.6) is 5.75 Å². The van der Waals surface area contributed by atoms with Gasteiger partial charge >= 0.3 is 17.7 Å². The summed E-state index contributed by atoms with van der Waals surface area (Å²) in [4.78, 5) is 37.0. The standard InChI is InChI=1S/C24H24ClNO6/c1-14-10-21(27)30-19-13-20(17(25)12-16(14)19)31-22(28)18(11-15-8-6-5-7-9-15)26-23(29)32-24(2,3)4/h5-10,12-13,18H,11H2,1-4H3,(H,26,29)/t18-/m0/s1. The van der Waals surface area contributed by atoms with E-state index in [4.69, 9.17) is 25.5 Å². The summed E-state index contributed by atoms with van der Waals surface area (Å²) in [6, 6.07) is 12.4. The molecule has 1 amide bonds. The van der Waals surface area contributed by atoms with E-state index in [1.165, 1.54) is 12.1 Å². The molecule has 0 aliphatic heterocycles. The molecule has 8 heteroatoms. The fraction of sp³-hybridized carbons (Fsp3) is 0.292. The van der Waals surface area contributed by atoms with Gasteiger partial charge in [0, 0.05) is 23.9 Å². The first-order valence-corrected chi connectivity index (χ1v) is 10.4. The Kier molecular flexibility index (Phi) is 6.89. The predicted octanol–water partition coefficient (Wildman–Crippen LogP) is 4.80. The van der Waals surface area contributed by atoms with Crippen LogP contribution in [0.1, 0.15) is 31.9 Å². The van der Waals surface area contributed by atoms with Crippen molar-refractivity contribution in [3.8, 4) is 5.75 Å². The molecule has 168 valence electrons. The molecule has 32 heavy (non-hydrogen) atoms. The second-order valence-corrected chi connectivity index (χ2v) is 8.74. The number of benzene rings is 2. The highest BCUT2D eigenvalue weighted by molar-refractivity contribution is 6.33. The Balaban J connectivity index is 1.87. The van der Waals surface area contributed by atoms with Gasteiger partial charge in [0.2, 0.25) is 0 Å². The highest BCUT2D eigenvalue weighted by Crippen LogP contribution is 2.31. The van der Waals surface area contributed by atoms with Crippen LogP contribution in [0.4, 0.5) is 4.79 Å². The molecule has 1 heterocycles. The van der Waals surface area contributed by atoms with E-state index in [2.05, 4.69) is 5.32 Å². The molecule has 1 atom stereocenters. The summed E-state index contributed by atoms with van der Waals surface area (Å²) in [6.45, 7) is 6.92. The fourth-order valence-electron chi connectivity index (χ4n) is 3.07. The zero-order valence-corrected chi connectivity index (χ0v) is 19.0. The average molecular weight is 458 g/mol. The third-order valence-electron chi connectivity index (χ3n) is 4.47. The fourth-order valence-corrected chi connectivity index (χ4v) is 3.27. The molecule has 0 unspecified atom stereocenters. The van der Waals surface area contributed by atoms with E-state index in [1.54, 1.807) is 33.8 Å². The molecule has 0 radical (unpaired) electrons. The van der Waals surface area contributed by atoms with Crippen molar-refractivity contribution in [2.45, 2.75) is 45.8 Å². The van der Waals surface area contributed by atoms with Crippen LogP contribution in [0.25, 0.3) is 11.0 Å². The van der Waals surface area contributed by atoms with Gasteiger partial charge in [-0.2, -0.15) is 0 Å². The van der Waals surface area contributed by atoms with E-state index >= 15 is 0 Å². The molecule has 3 rings (SSSR count). The molecule has 7 nitrogen and oxygen atoms in total. The lowest BCUT2D eigenvalue weighted by Gasteiger charge is -2.23. The zero-order valence-electron chi connectivity index (χ0n) is 18.2. The van der Waals surface area contributed by atoms with E-state index in [0.717, 1.165) is 5.56 Å². The first-order chi connectivity index (χ1) is 15.0. The van der Waals surface area contributed by atoms with Crippen LogP contribution in [-0.2, 0) is 16.0 Å². The summed E-state index contributed by atoms with van der Waals surface area (Å²) in [6.07, 6.45) is -0.570. The van der Waals surface area contributed by atoms with Gasteiger partial charge < -0.3 is 19.2 Å². The van der Waals surface area contributed by atoms with Crippen LogP contribution in [0, 0.1) is 6.92 Å². The molecule has 0 fully saturated rings. The zero-order chi connectivity index (χ0) is 23.5. The first kappa shape index (κ1) is 23.3. The molecule has 1 aromatic heterocycles. The van der Waals surface area contributed by atoms with Crippen molar-refractivity contribution < 1.29 is 23.5 Å². The number of nitrogens with one attached hydrogen (secondary N) is 1. The number of rotatable bonds is 5. The minimum atomic E-state index is -1.04. The topological polar surface area (TPSA) is 94.8 Å². The molecule has 0 spiro atoms. The van der Waals surface area contributed by atoms with Gasteiger partial charge in [0.05, 0.1) is 5.02 Å². The van der Waals surface area contributed by atoms with Gasteiger partial charge in [-0.15, -0.1) is 0 Å². The van der Waals surface area contributed by atoms with Gasteiger partial charge in [0.25, 0.3) is 0 Å². The Labute approximate surface area is 190 Å². The number of carbonyl (C=O) groups excluding carboxylic acids is 2. The number of halogens is 1. The van der Waals surface area contributed by atoms with Gasteiger partial charge in [-0.3, -0.25) is 0 Å². The molecule has 0 saturated carbocycles. The Bertz CT molecular complexity index is 1200. The van der Waals surface area contributed by atoms with Crippen molar-refractivity contribution in [2.24, 2.45) is 0 Å².